The van der Waals surface area contributed by atoms with Crippen LogP contribution in [-0.4, -0.2) is 43.0 Å². The summed E-state index contributed by atoms with van der Waals surface area (Å²) in [5.41, 5.74) is 5.29. The molecule has 2 fully saturated rings. The Morgan fingerprint density at radius 3 is 2.93 bits per heavy atom. The summed E-state index contributed by atoms with van der Waals surface area (Å²) in [6.45, 7) is 4.14. The number of nitrogens with two attached hydrogens (primary N) is 1. The average molecular weight is 197 g/mol. The predicted molar refractivity (Wildman–Crippen MR) is 54.8 cm³/mol. The van der Waals surface area contributed by atoms with Crippen molar-refractivity contribution in [1.82, 2.24) is 10.2 Å². The van der Waals surface area contributed by atoms with E-state index in [0.29, 0.717) is 6.04 Å². The molecule has 0 bridgehead atoms. The van der Waals surface area contributed by atoms with E-state index in [0.717, 1.165) is 32.6 Å². The summed E-state index contributed by atoms with van der Waals surface area (Å²) in [6.07, 6.45) is 3.51. The maximum absolute atomic E-state index is 11.0. The van der Waals surface area contributed by atoms with Gasteiger partial charge >= 0.3 is 0 Å². The largest absolute Gasteiger partial charge is 0.369 e. The van der Waals surface area contributed by atoms with E-state index >= 15 is 0 Å². The third-order valence-corrected chi connectivity index (χ3v) is 3.32. The Balaban J connectivity index is 1.75. The molecule has 2 aliphatic rings. The fourth-order valence-corrected chi connectivity index (χ4v) is 2.45. The van der Waals surface area contributed by atoms with Gasteiger partial charge < -0.3 is 16.0 Å². The highest BCUT2D eigenvalue weighted by Gasteiger charge is 2.28. The smallest absolute Gasteiger partial charge is 0.221 e. The lowest BCUT2D eigenvalue weighted by Crippen LogP contribution is -2.37. The second-order valence-corrected chi connectivity index (χ2v) is 4.44. The van der Waals surface area contributed by atoms with Gasteiger partial charge in [0.25, 0.3) is 0 Å². The summed E-state index contributed by atoms with van der Waals surface area (Å²) in [5.74, 6) is -0.0386. The first kappa shape index (κ1) is 9.93. The van der Waals surface area contributed by atoms with Crippen molar-refractivity contribution in [2.24, 2.45) is 11.7 Å². The topological polar surface area (TPSA) is 58.4 Å². The Kier molecular flexibility index (Phi) is 3.03. The Bertz CT molecular complexity index is 213. The average Bonchev–Trinajstić information content (AvgIpc) is 2.75. The van der Waals surface area contributed by atoms with Gasteiger partial charge in [-0.2, -0.15) is 0 Å². The highest BCUT2D eigenvalue weighted by molar-refractivity contribution is 5.77. The van der Waals surface area contributed by atoms with Gasteiger partial charge in [-0.25, -0.2) is 0 Å². The van der Waals surface area contributed by atoms with E-state index in [2.05, 4.69) is 10.2 Å². The maximum Gasteiger partial charge on any atom is 0.221 e. The molecule has 2 atom stereocenters. The van der Waals surface area contributed by atoms with Crippen molar-refractivity contribution in [2.45, 2.75) is 25.3 Å². The molecule has 0 aliphatic carbocycles. The molecule has 0 aromatic carbocycles. The number of likely N-dealkylation sites (tertiary alicyclic amines) is 1. The Morgan fingerprint density at radius 1 is 1.50 bits per heavy atom. The maximum atomic E-state index is 11.0. The molecule has 0 aromatic heterocycles. The third-order valence-electron chi connectivity index (χ3n) is 3.32. The minimum Gasteiger partial charge on any atom is -0.369 e. The summed E-state index contributed by atoms with van der Waals surface area (Å²) >= 11 is 0. The molecule has 14 heavy (non-hydrogen) atoms. The molecule has 0 saturated carbocycles. The number of nitrogens with one attached hydrogen (secondary N) is 1. The lowest BCUT2D eigenvalue weighted by molar-refractivity contribution is -0.121. The number of hydrogen-bond donors (Lipinski definition) is 2. The summed E-state index contributed by atoms with van der Waals surface area (Å²) in [4.78, 5) is 13.3. The lowest BCUT2D eigenvalue weighted by Gasteiger charge is -2.19. The fraction of sp³-hybridized carbons (Fsp3) is 0.900. The number of carbonyl (C=O) groups is 1. The van der Waals surface area contributed by atoms with E-state index in [1.54, 1.807) is 0 Å². The van der Waals surface area contributed by atoms with Crippen molar-refractivity contribution in [2.75, 3.05) is 26.2 Å². The first-order valence-electron chi connectivity index (χ1n) is 5.51. The molecule has 2 rings (SSSR count). The number of amides is 1. The number of nitrogens with zero attached hydrogens (tertiary/aromatic N) is 1. The molecule has 3 N–H and O–H groups in total. The van der Waals surface area contributed by atoms with Crippen LogP contribution in [0, 0.1) is 5.92 Å². The van der Waals surface area contributed by atoms with Crippen LogP contribution in [-0.2, 0) is 4.79 Å². The van der Waals surface area contributed by atoms with Gasteiger partial charge in [0.2, 0.25) is 5.91 Å². The van der Waals surface area contributed by atoms with Gasteiger partial charge in [-0.3, -0.25) is 4.79 Å². The predicted octanol–water partition coefficient (Wildman–Crippen LogP) is -0.454. The molecule has 2 heterocycles. The second kappa shape index (κ2) is 4.28. The molecule has 1 amide bonds. The fourth-order valence-electron chi connectivity index (χ4n) is 2.45. The molecule has 0 aromatic rings. The SMILES string of the molecule is NC(=O)C1CCN(C[C@H]2CCCN2)C1. The van der Waals surface area contributed by atoms with Gasteiger partial charge in [0.15, 0.2) is 0 Å². The van der Waals surface area contributed by atoms with Crippen LogP contribution < -0.4 is 11.1 Å². The Hall–Kier alpha value is -0.610. The van der Waals surface area contributed by atoms with E-state index in [-0.39, 0.29) is 11.8 Å². The number of primary amides is 1. The molecule has 2 aliphatic heterocycles. The monoisotopic (exact) mass is 197 g/mol. The Labute approximate surface area is 84.8 Å². The van der Waals surface area contributed by atoms with Crippen molar-refractivity contribution in [3.8, 4) is 0 Å². The van der Waals surface area contributed by atoms with Crippen LogP contribution in [0.4, 0.5) is 0 Å². The molecular formula is C10H19N3O. The van der Waals surface area contributed by atoms with Crippen LogP contribution in [0.5, 0.6) is 0 Å². The standard InChI is InChI=1S/C10H19N3O/c11-10(14)8-3-5-13(6-8)7-9-2-1-4-12-9/h8-9,12H,1-7H2,(H2,11,14)/t8?,9-/m1/s1. The number of hydrogen-bond acceptors (Lipinski definition) is 3. The molecule has 80 valence electrons. The van der Waals surface area contributed by atoms with Gasteiger partial charge in [-0.05, 0) is 32.4 Å². The molecule has 1 unspecified atom stereocenters. The minimum atomic E-state index is -0.133. The highest BCUT2D eigenvalue weighted by atomic mass is 16.1. The molecule has 4 nitrogen and oxygen atoms in total. The second-order valence-electron chi connectivity index (χ2n) is 4.44. The van der Waals surface area contributed by atoms with Gasteiger partial charge in [-0.15, -0.1) is 0 Å². The normalized spacial score (nSPS) is 33.7. The zero-order chi connectivity index (χ0) is 9.97. The summed E-state index contributed by atoms with van der Waals surface area (Å²) in [5, 5.41) is 3.47. The third kappa shape index (κ3) is 2.25. The van der Waals surface area contributed by atoms with Crippen molar-refractivity contribution in [3.05, 3.63) is 0 Å². The van der Waals surface area contributed by atoms with Gasteiger partial charge in [-0.1, -0.05) is 0 Å². The molecule has 2 saturated heterocycles. The van der Waals surface area contributed by atoms with E-state index in [9.17, 15) is 4.79 Å². The molecular weight excluding hydrogens is 178 g/mol. The lowest BCUT2D eigenvalue weighted by atomic mass is 10.1. The molecule has 4 heteroatoms. The van der Waals surface area contributed by atoms with Crippen molar-refractivity contribution < 1.29 is 4.79 Å². The summed E-state index contributed by atoms with van der Waals surface area (Å²) < 4.78 is 0. The number of rotatable bonds is 3. The summed E-state index contributed by atoms with van der Waals surface area (Å²) in [6, 6.07) is 0.640. The van der Waals surface area contributed by atoms with E-state index in [4.69, 9.17) is 5.73 Å². The molecule has 0 spiro atoms. The van der Waals surface area contributed by atoms with Crippen molar-refractivity contribution >= 4 is 5.91 Å². The first-order valence-corrected chi connectivity index (χ1v) is 5.51. The summed E-state index contributed by atoms with van der Waals surface area (Å²) in [7, 11) is 0. The Morgan fingerprint density at radius 2 is 2.36 bits per heavy atom. The van der Waals surface area contributed by atoms with E-state index in [1.807, 2.05) is 0 Å². The van der Waals surface area contributed by atoms with Gasteiger partial charge in [0.1, 0.15) is 0 Å². The van der Waals surface area contributed by atoms with Crippen LogP contribution >= 0.6 is 0 Å². The van der Waals surface area contributed by atoms with E-state index < -0.39 is 0 Å². The first-order chi connectivity index (χ1) is 6.75. The van der Waals surface area contributed by atoms with Crippen molar-refractivity contribution in [1.29, 1.82) is 0 Å². The molecule has 0 radical (unpaired) electrons. The van der Waals surface area contributed by atoms with Crippen LogP contribution in [0.15, 0.2) is 0 Å². The van der Waals surface area contributed by atoms with E-state index in [1.165, 1.54) is 12.8 Å². The van der Waals surface area contributed by atoms with Crippen LogP contribution in [0.3, 0.4) is 0 Å². The van der Waals surface area contributed by atoms with Gasteiger partial charge in [0, 0.05) is 19.1 Å². The zero-order valence-corrected chi connectivity index (χ0v) is 8.54. The quantitative estimate of drug-likeness (QED) is 0.644. The van der Waals surface area contributed by atoms with Gasteiger partial charge in [0.05, 0.1) is 5.92 Å². The van der Waals surface area contributed by atoms with Crippen molar-refractivity contribution in [3.63, 3.8) is 0 Å². The van der Waals surface area contributed by atoms with Crippen LogP contribution in [0.2, 0.25) is 0 Å². The minimum absolute atomic E-state index is 0.0939. The van der Waals surface area contributed by atoms with Crippen LogP contribution in [0.25, 0.3) is 0 Å². The highest BCUT2D eigenvalue weighted by Crippen LogP contribution is 2.17. The zero-order valence-electron chi connectivity index (χ0n) is 8.54. The number of carbonyl (C=O) groups excluding carboxylic acids is 1. The van der Waals surface area contributed by atoms with Crippen LogP contribution in [0.1, 0.15) is 19.3 Å².